The zero-order valence-corrected chi connectivity index (χ0v) is 34.7. The van der Waals surface area contributed by atoms with E-state index < -0.39 is 26.8 Å². The van der Waals surface area contributed by atoms with Gasteiger partial charge in [-0.15, -0.1) is 0 Å². The van der Waals surface area contributed by atoms with E-state index in [-0.39, 0.29) is 22.9 Å². The van der Waals surface area contributed by atoms with E-state index in [4.69, 9.17) is 0 Å². The van der Waals surface area contributed by atoms with Gasteiger partial charge in [-0.1, -0.05) is 100 Å². The molecule has 10 aromatic rings. The molecule has 2 aliphatic rings. The van der Waals surface area contributed by atoms with Gasteiger partial charge >= 0.3 is 0 Å². The zero-order chi connectivity index (χ0) is 42.9. The van der Waals surface area contributed by atoms with Gasteiger partial charge in [0.15, 0.2) is 0 Å². The monoisotopic (exact) mass is 830 g/mol. The van der Waals surface area contributed by atoms with Crippen LogP contribution in [0.1, 0.15) is 80.3 Å². The van der Waals surface area contributed by atoms with Crippen molar-refractivity contribution in [1.82, 2.24) is 0 Å². The number of para-hydroxylation sites is 1. The highest BCUT2D eigenvalue weighted by Gasteiger charge is 2.39. The van der Waals surface area contributed by atoms with Crippen LogP contribution in [0, 0.1) is 0 Å². The quantitative estimate of drug-likeness (QED) is 0.0809. The zero-order valence-electron chi connectivity index (χ0n) is 33.9. The number of nitrogens with zero attached hydrogens (tertiary/aromatic N) is 2. The maximum Gasteiger partial charge on any atom is 0.294 e. The van der Waals surface area contributed by atoms with E-state index in [0.717, 1.165) is 86.7 Å². The summed E-state index contributed by atoms with van der Waals surface area (Å²) in [6, 6.07) is 34.5. The first-order valence-corrected chi connectivity index (χ1v) is 21.9. The van der Waals surface area contributed by atoms with Gasteiger partial charge in [0.2, 0.25) is 0 Å². The number of hydrogen-bond donors (Lipinski definition) is 1. The maximum absolute atomic E-state index is 14.8. The minimum Gasteiger partial charge on any atom is -0.282 e. The molecule has 0 aromatic heterocycles. The summed E-state index contributed by atoms with van der Waals surface area (Å²) in [5.41, 5.74) is 3.83. The summed E-state index contributed by atoms with van der Waals surface area (Å²) in [5.74, 6) is -1.87. The molecule has 0 atom stereocenters. The van der Waals surface area contributed by atoms with Gasteiger partial charge in [-0.25, -0.2) is 9.80 Å². The van der Waals surface area contributed by atoms with Crippen LogP contribution < -0.4 is 9.80 Å². The van der Waals surface area contributed by atoms with Crippen molar-refractivity contribution in [3.8, 4) is 0 Å². The van der Waals surface area contributed by atoms with Gasteiger partial charge in [-0.3, -0.25) is 23.7 Å². The lowest BCUT2D eigenvalue weighted by Gasteiger charge is -2.34. The summed E-state index contributed by atoms with van der Waals surface area (Å²) in [4.78, 5) is 59.9. The second kappa shape index (κ2) is 12.0. The number of carbonyl (C=O) groups excluding carboxylic acids is 4. The van der Waals surface area contributed by atoms with Crippen molar-refractivity contribution in [2.24, 2.45) is 0 Å². The normalized spacial score (nSPS) is 14.8. The Morgan fingerprint density at radius 3 is 1.24 bits per heavy atom. The molecule has 0 saturated heterocycles. The summed E-state index contributed by atoms with van der Waals surface area (Å²) >= 11 is 0. The lowest BCUT2D eigenvalue weighted by atomic mass is 9.80. The van der Waals surface area contributed by atoms with Gasteiger partial charge in [0, 0.05) is 33.0 Å². The molecular formula is C52H34N2O7S. The van der Waals surface area contributed by atoms with Crippen LogP contribution in [-0.4, -0.2) is 36.6 Å². The summed E-state index contributed by atoms with van der Waals surface area (Å²) in [7, 11) is -4.59. The molecule has 4 amide bonds. The Hall–Kier alpha value is -7.27. The average Bonchev–Trinajstić information content (AvgIpc) is 3.25. The van der Waals surface area contributed by atoms with Crippen LogP contribution in [0.2, 0.25) is 0 Å². The molecule has 10 aromatic carbocycles. The fourth-order valence-corrected chi connectivity index (χ4v) is 11.1. The maximum atomic E-state index is 14.8. The van der Waals surface area contributed by atoms with Crippen molar-refractivity contribution in [3.63, 3.8) is 0 Å². The number of rotatable bonds is 4. The molecule has 2 heterocycles. The molecular weight excluding hydrogens is 797 g/mol. The van der Waals surface area contributed by atoms with Gasteiger partial charge in [0.25, 0.3) is 33.7 Å². The van der Waals surface area contributed by atoms with E-state index in [1.807, 2.05) is 61.5 Å². The standard InChI is InChI=1S/C52H34N2O7S/c1-5-25-8-6-11-40(52(2,3)4)47(25)54-50(57)38-22-18-34-30-14-12-28-32-16-20-36-45-37(49(56)53(48(36)55)26-9-7-10-27(24-26)62(59,60)61)21-17-33(43(32)45)29-13-15-31(42(30)41(28)29)35-19-23-39(51(54)58)46(38)44(34)35/h6-24H,5H2,1-4H3,(H,59,60,61). The molecule has 0 fully saturated rings. The Labute approximate surface area is 354 Å². The fraction of sp³-hybridized carbons (Fsp3) is 0.115. The first-order chi connectivity index (χ1) is 29.7. The Morgan fingerprint density at radius 2 is 0.855 bits per heavy atom. The van der Waals surface area contributed by atoms with E-state index in [9.17, 15) is 32.1 Å². The molecule has 62 heavy (non-hydrogen) atoms. The largest absolute Gasteiger partial charge is 0.294 e. The van der Waals surface area contributed by atoms with Crippen LogP contribution in [0.15, 0.2) is 120 Å². The van der Waals surface area contributed by atoms with Crippen LogP contribution in [0.25, 0.3) is 75.4 Å². The molecule has 300 valence electrons. The van der Waals surface area contributed by atoms with Crippen LogP contribution >= 0.6 is 0 Å². The van der Waals surface area contributed by atoms with E-state index >= 15 is 0 Å². The minimum atomic E-state index is -4.59. The number of hydrogen-bond acceptors (Lipinski definition) is 6. The number of benzene rings is 10. The highest BCUT2D eigenvalue weighted by molar-refractivity contribution is 7.85. The number of aryl methyl sites for hydroxylation is 1. The molecule has 0 unspecified atom stereocenters. The molecule has 0 saturated carbocycles. The number of carbonyl (C=O) groups is 4. The Morgan fingerprint density at radius 1 is 0.484 bits per heavy atom. The number of imide groups is 2. The van der Waals surface area contributed by atoms with Crippen molar-refractivity contribution in [1.29, 1.82) is 0 Å². The van der Waals surface area contributed by atoms with Gasteiger partial charge in [-0.2, -0.15) is 8.42 Å². The summed E-state index contributed by atoms with van der Waals surface area (Å²) in [5, 5.41) is 12.3. The van der Waals surface area contributed by atoms with Crippen LogP contribution in [0.5, 0.6) is 0 Å². The van der Waals surface area contributed by atoms with E-state index in [2.05, 4.69) is 45.0 Å². The smallest absolute Gasteiger partial charge is 0.282 e. The van der Waals surface area contributed by atoms with Gasteiger partial charge in [-0.05, 0) is 130 Å². The van der Waals surface area contributed by atoms with Crippen LogP contribution in [0.4, 0.5) is 11.4 Å². The van der Waals surface area contributed by atoms with Gasteiger partial charge in [0.1, 0.15) is 0 Å². The molecule has 2 aliphatic heterocycles. The summed E-state index contributed by atoms with van der Waals surface area (Å²) in [6.45, 7) is 8.32. The summed E-state index contributed by atoms with van der Waals surface area (Å²) < 4.78 is 33.6. The number of amides is 4. The SMILES string of the molecule is CCc1cccc(C(C)(C)C)c1N1C(=O)c2ccc3c4ccc5c6ccc7c8c(ccc(c9ccc(c%10ccc(c2c3%10)C1=O)c4c59)c86)C(=O)N(c1cccc(S(=O)(=O)O)c1)C7=O. The Bertz CT molecular complexity index is 3730. The predicted octanol–water partition coefficient (Wildman–Crippen LogP) is 11.3. The van der Waals surface area contributed by atoms with Crippen molar-refractivity contribution >= 4 is 121 Å². The second-order valence-electron chi connectivity index (χ2n) is 17.5. The predicted molar refractivity (Wildman–Crippen MR) is 244 cm³/mol. The Balaban J connectivity index is 1.08. The highest BCUT2D eigenvalue weighted by Crippen LogP contribution is 2.51. The van der Waals surface area contributed by atoms with Crippen molar-refractivity contribution in [2.45, 2.75) is 44.4 Å². The first-order valence-electron chi connectivity index (χ1n) is 20.5. The van der Waals surface area contributed by atoms with Crippen LogP contribution in [-0.2, 0) is 22.0 Å². The molecule has 0 aliphatic carbocycles. The molecule has 0 spiro atoms. The molecule has 12 rings (SSSR count). The minimum absolute atomic E-state index is 0.0295. The molecule has 9 nitrogen and oxygen atoms in total. The topological polar surface area (TPSA) is 129 Å². The molecule has 1 N–H and O–H groups in total. The van der Waals surface area contributed by atoms with E-state index in [0.29, 0.717) is 45.1 Å². The van der Waals surface area contributed by atoms with Gasteiger partial charge < -0.3 is 0 Å². The molecule has 0 radical (unpaired) electrons. The van der Waals surface area contributed by atoms with Crippen LogP contribution in [0.3, 0.4) is 0 Å². The third kappa shape index (κ3) is 4.52. The summed E-state index contributed by atoms with van der Waals surface area (Å²) in [6.07, 6.45) is 0.661. The fourth-order valence-electron chi connectivity index (χ4n) is 10.6. The van der Waals surface area contributed by atoms with Crippen molar-refractivity contribution < 1.29 is 32.1 Å². The number of fused-ring (bicyclic) bond motifs is 4. The van der Waals surface area contributed by atoms with E-state index in [1.165, 1.54) is 23.1 Å². The lowest BCUT2D eigenvalue weighted by molar-refractivity contribution is 0.0877. The second-order valence-corrected chi connectivity index (χ2v) is 18.9. The molecule has 10 heteroatoms. The third-order valence-electron chi connectivity index (χ3n) is 13.3. The number of anilines is 2. The first kappa shape index (κ1) is 36.6. The highest BCUT2D eigenvalue weighted by atomic mass is 32.2. The lowest BCUT2D eigenvalue weighted by Crippen LogP contribution is -2.42. The van der Waals surface area contributed by atoms with Crippen molar-refractivity contribution in [3.05, 3.63) is 149 Å². The third-order valence-corrected chi connectivity index (χ3v) is 14.1. The Kier molecular flexibility index (Phi) is 7.06. The van der Waals surface area contributed by atoms with E-state index in [1.54, 1.807) is 12.1 Å². The average molecular weight is 831 g/mol. The van der Waals surface area contributed by atoms with Crippen molar-refractivity contribution in [2.75, 3.05) is 9.80 Å². The van der Waals surface area contributed by atoms with Gasteiger partial charge in [0.05, 0.1) is 16.3 Å². The molecule has 0 bridgehead atoms.